The summed E-state index contributed by atoms with van der Waals surface area (Å²) >= 11 is 0. The number of anilines is 1. The van der Waals surface area contributed by atoms with Crippen LogP contribution >= 0.6 is 0 Å². The molecule has 0 radical (unpaired) electrons. The molecule has 0 bridgehead atoms. The van der Waals surface area contributed by atoms with Crippen molar-refractivity contribution in [2.45, 2.75) is 6.10 Å². The smallest absolute Gasteiger partial charge is 0.334 e. The first kappa shape index (κ1) is 15.4. The third-order valence-corrected chi connectivity index (χ3v) is 2.53. The minimum absolute atomic E-state index is 0.0977. The molecule has 0 aromatic heterocycles. The van der Waals surface area contributed by atoms with E-state index >= 15 is 0 Å². The van der Waals surface area contributed by atoms with Crippen molar-refractivity contribution >= 4 is 23.3 Å². The lowest BCUT2D eigenvalue weighted by Gasteiger charge is -2.12. The Hall–Kier alpha value is -2.68. The molecule has 0 spiro atoms. The Morgan fingerprint density at radius 1 is 1.55 bits per heavy atom. The second-order valence-corrected chi connectivity index (χ2v) is 3.77. The number of amides is 1. The number of carboxylic acid groups (broad SMARTS) is 1. The average Bonchev–Trinajstić information content (AvgIpc) is 2.38. The highest BCUT2D eigenvalue weighted by atomic mass is 16.6. The van der Waals surface area contributed by atoms with Gasteiger partial charge in [0.2, 0.25) is 0 Å². The molecular formula is C11H13N3O6. The summed E-state index contributed by atoms with van der Waals surface area (Å²) in [7, 11) is 1.19. The van der Waals surface area contributed by atoms with E-state index in [0.717, 1.165) is 0 Å². The van der Waals surface area contributed by atoms with Crippen molar-refractivity contribution < 1.29 is 24.4 Å². The lowest BCUT2D eigenvalue weighted by molar-refractivity contribution is -0.383. The zero-order valence-electron chi connectivity index (χ0n) is 10.5. The second kappa shape index (κ2) is 6.48. The summed E-state index contributed by atoms with van der Waals surface area (Å²) in [5.74, 6) is -1.95. The molecule has 1 unspecified atom stereocenters. The number of nitrogens with two attached hydrogens (primary N) is 1. The van der Waals surface area contributed by atoms with E-state index in [1.165, 1.54) is 25.3 Å². The van der Waals surface area contributed by atoms with Gasteiger partial charge >= 0.3 is 5.97 Å². The predicted molar refractivity (Wildman–Crippen MR) is 68.3 cm³/mol. The highest BCUT2D eigenvalue weighted by Gasteiger charge is 2.21. The van der Waals surface area contributed by atoms with E-state index in [0.29, 0.717) is 0 Å². The largest absolute Gasteiger partial charge is 0.479 e. The molecule has 1 aromatic carbocycles. The molecule has 9 nitrogen and oxygen atoms in total. The van der Waals surface area contributed by atoms with Crippen molar-refractivity contribution in [2.24, 2.45) is 0 Å². The normalized spacial score (nSPS) is 11.7. The van der Waals surface area contributed by atoms with E-state index in [9.17, 15) is 19.7 Å². The Balaban J connectivity index is 2.86. The molecule has 1 aromatic rings. The van der Waals surface area contributed by atoms with E-state index in [1.807, 2.05) is 0 Å². The van der Waals surface area contributed by atoms with Crippen molar-refractivity contribution in [2.75, 3.05) is 19.4 Å². The van der Waals surface area contributed by atoms with Crippen LogP contribution in [0.4, 0.5) is 11.4 Å². The number of carbonyl (C=O) groups is 2. The molecule has 0 aliphatic carbocycles. The molecule has 0 fully saturated rings. The van der Waals surface area contributed by atoms with Crippen LogP contribution in [0.5, 0.6) is 0 Å². The third-order valence-electron chi connectivity index (χ3n) is 2.53. The van der Waals surface area contributed by atoms with Crippen molar-refractivity contribution in [3.63, 3.8) is 0 Å². The molecular weight excluding hydrogens is 270 g/mol. The third kappa shape index (κ3) is 3.42. The maximum Gasteiger partial charge on any atom is 0.334 e. The van der Waals surface area contributed by atoms with E-state index in [1.54, 1.807) is 0 Å². The number of methoxy groups -OCH3 is 1. The minimum atomic E-state index is -1.24. The average molecular weight is 283 g/mol. The summed E-state index contributed by atoms with van der Waals surface area (Å²) < 4.78 is 4.64. The lowest BCUT2D eigenvalue weighted by atomic mass is 10.1. The summed E-state index contributed by atoms with van der Waals surface area (Å²) in [6.07, 6.45) is -1.21. The van der Waals surface area contributed by atoms with Gasteiger partial charge in [0.25, 0.3) is 11.6 Å². The number of carboxylic acids is 1. The number of aliphatic carboxylic acids is 1. The highest BCUT2D eigenvalue weighted by Crippen LogP contribution is 2.24. The molecule has 1 amide bonds. The van der Waals surface area contributed by atoms with Crippen molar-refractivity contribution in [1.82, 2.24) is 5.32 Å². The van der Waals surface area contributed by atoms with Crippen LogP contribution in [-0.4, -0.2) is 41.7 Å². The topological polar surface area (TPSA) is 145 Å². The first-order valence-electron chi connectivity index (χ1n) is 5.45. The van der Waals surface area contributed by atoms with E-state index in [-0.39, 0.29) is 23.5 Å². The summed E-state index contributed by atoms with van der Waals surface area (Å²) in [6, 6.07) is 3.79. The number of carbonyl (C=O) groups excluding carboxylic acids is 1. The van der Waals surface area contributed by atoms with Crippen LogP contribution in [0.1, 0.15) is 10.4 Å². The number of ether oxygens (including phenoxy) is 1. The Morgan fingerprint density at radius 2 is 2.20 bits per heavy atom. The molecule has 1 atom stereocenters. The first-order chi connectivity index (χ1) is 9.38. The van der Waals surface area contributed by atoms with Gasteiger partial charge in [0.15, 0.2) is 6.10 Å². The van der Waals surface area contributed by atoms with E-state index in [4.69, 9.17) is 10.8 Å². The van der Waals surface area contributed by atoms with Gasteiger partial charge in [-0.15, -0.1) is 0 Å². The van der Waals surface area contributed by atoms with Gasteiger partial charge < -0.3 is 20.9 Å². The molecule has 4 N–H and O–H groups in total. The van der Waals surface area contributed by atoms with E-state index < -0.39 is 22.9 Å². The van der Waals surface area contributed by atoms with Gasteiger partial charge in [0.1, 0.15) is 5.69 Å². The fourth-order valence-corrected chi connectivity index (χ4v) is 1.46. The fraction of sp³-hybridized carbons (Fsp3) is 0.273. The molecule has 0 heterocycles. The molecule has 1 rings (SSSR count). The number of nitro groups is 1. The Bertz CT molecular complexity index is 545. The number of para-hydroxylation sites is 1. The number of nitrogens with zero attached hydrogens (tertiary/aromatic N) is 1. The number of hydrogen-bond acceptors (Lipinski definition) is 6. The minimum Gasteiger partial charge on any atom is -0.479 e. The van der Waals surface area contributed by atoms with Gasteiger partial charge in [0, 0.05) is 13.2 Å². The van der Waals surface area contributed by atoms with Crippen LogP contribution in [0.25, 0.3) is 0 Å². The zero-order chi connectivity index (χ0) is 15.3. The van der Waals surface area contributed by atoms with Gasteiger partial charge in [-0.05, 0) is 6.07 Å². The second-order valence-electron chi connectivity index (χ2n) is 3.77. The number of rotatable bonds is 6. The summed E-state index contributed by atoms with van der Waals surface area (Å²) in [4.78, 5) is 32.5. The van der Waals surface area contributed by atoms with Crippen LogP contribution in [0.15, 0.2) is 18.2 Å². The predicted octanol–water partition coefficient (Wildman–Crippen LogP) is 0.00640. The number of nitro benzene ring substituents is 1. The summed E-state index contributed by atoms with van der Waals surface area (Å²) in [5, 5.41) is 21.7. The van der Waals surface area contributed by atoms with Crippen LogP contribution < -0.4 is 11.1 Å². The van der Waals surface area contributed by atoms with Crippen molar-refractivity contribution in [3.8, 4) is 0 Å². The Morgan fingerprint density at radius 3 is 2.70 bits per heavy atom. The maximum atomic E-state index is 11.8. The maximum absolute atomic E-state index is 11.8. The van der Waals surface area contributed by atoms with Gasteiger partial charge in [-0.2, -0.15) is 0 Å². The first-order valence-corrected chi connectivity index (χ1v) is 5.45. The molecule has 108 valence electrons. The fourth-order valence-electron chi connectivity index (χ4n) is 1.46. The standard InChI is InChI=1S/C11H13N3O6/c1-20-8(11(16)17)5-13-10(15)6-3-2-4-7(9(6)12)14(18)19/h2-4,8H,5,12H2,1H3,(H,13,15)(H,16,17). The molecule has 0 aliphatic rings. The van der Waals surface area contributed by atoms with E-state index in [2.05, 4.69) is 10.1 Å². The van der Waals surface area contributed by atoms with Crippen LogP contribution in [0, 0.1) is 10.1 Å². The Labute approximate surface area is 113 Å². The van der Waals surface area contributed by atoms with Crippen molar-refractivity contribution in [3.05, 3.63) is 33.9 Å². The summed E-state index contributed by atoms with van der Waals surface area (Å²) in [5.41, 5.74) is 4.77. The highest BCUT2D eigenvalue weighted by molar-refractivity contribution is 6.01. The van der Waals surface area contributed by atoms with Gasteiger partial charge in [-0.25, -0.2) is 4.79 Å². The monoisotopic (exact) mass is 283 g/mol. The number of hydrogen-bond donors (Lipinski definition) is 3. The lowest BCUT2D eigenvalue weighted by Crippen LogP contribution is -2.38. The Kier molecular flexibility index (Phi) is 4.98. The molecule has 0 aliphatic heterocycles. The SMILES string of the molecule is COC(CNC(=O)c1cccc([N+](=O)[O-])c1N)C(=O)O. The zero-order valence-corrected chi connectivity index (χ0v) is 10.5. The molecule has 0 saturated carbocycles. The quantitative estimate of drug-likeness (QED) is 0.378. The molecule has 9 heteroatoms. The summed E-state index contributed by atoms with van der Waals surface area (Å²) in [6.45, 7) is -0.285. The van der Waals surface area contributed by atoms with Gasteiger partial charge in [-0.3, -0.25) is 14.9 Å². The van der Waals surface area contributed by atoms with Crippen LogP contribution in [0.2, 0.25) is 0 Å². The van der Waals surface area contributed by atoms with Crippen molar-refractivity contribution in [1.29, 1.82) is 0 Å². The number of nitrogens with one attached hydrogen (secondary N) is 1. The van der Waals surface area contributed by atoms with Gasteiger partial charge in [-0.1, -0.05) is 6.07 Å². The van der Waals surface area contributed by atoms with Gasteiger partial charge in [0.05, 0.1) is 17.0 Å². The molecule has 0 saturated heterocycles. The number of benzene rings is 1. The van der Waals surface area contributed by atoms with Crippen LogP contribution in [-0.2, 0) is 9.53 Å². The van der Waals surface area contributed by atoms with Crippen LogP contribution in [0.3, 0.4) is 0 Å². The molecule has 20 heavy (non-hydrogen) atoms. The number of nitrogen functional groups attached to an aromatic ring is 1.